The first-order valence-corrected chi connectivity index (χ1v) is 15.2. The van der Waals surface area contributed by atoms with Crippen LogP contribution >= 0.6 is 11.8 Å². The molecule has 1 aliphatic heterocycles. The van der Waals surface area contributed by atoms with Crippen molar-refractivity contribution in [3.63, 3.8) is 0 Å². The lowest BCUT2D eigenvalue weighted by molar-refractivity contribution is -0.288. The fourth-order valence-corrected chi connectivity index (χ4v) is 5.68. The van der Waals surface area contributed by atoms with Crippen molar-refractivity contribution in [2.45, 2.75) is 42.5 Å². The molecule has 5 rings (SSSR count). The van der Waals surface area contributed by atoms with Crippen molar-refractivity contribution in [3.05, 3.63) is 138 Å². The Morgan fingerprint density at radius 1 is 0.591 bits per heavy atom. The van der Waals surface area contributed by atoms with Gasteiger partial charge in [0.2, 0.25) is 0 Å². The van der Waals surface area contributed by atoms with Crippen LogP contribution in [0.5, 0.6) is 0 Å². The molecule has 0 N–H and O–H groups in total. The maximum atomic E-state index is 13.5. The Morgan fingerprint density at radius 3 is 1.45 bits per heavy atom. The van der Waals surface area contributed by atoms with Crippen molar-refractivity contribution >= 4 is 29.7 Å². The minimum atomic E-state index is -1.27. The van der Waals surface area contributed by atoms with Gasteiger partial charge < -0.3 is 23.7 Å². The molecule has 1 saturated heterocycles. The fourth-order valence-electron chi connectivity index (χ4n) is 4.71. The predicted octanol–water partition coefficient (Wildman–Crippen LogP) is 6.22. The van der Waals surface area contributed by atoms with E-state index in [2.05, 4.69) is 0 Å². The number of ether oxygens (including phenoxy) is 5. The second-order valence-electron chi connectivity index (χ2n) is 9.83. The summed E-state index contributed by atoms with van der Waals surface area (Å²) >= 11 is 1.48. The first kappa shape index (κ1) is 31.0. The number of esters is 3. The van der Waals surface area contributed by atoms with Gasteiger partial charge in [0.25, 0.3) is 0 Å². The van der Waals surface area contributed by atoms with E-state index in [4.69, 9.17) is 23.7 Å². The van der Waals surface area contributed by atoms with Crippen LogP contribution in [0.4, 0.5) is 0 Å². The van der Waals surface area contributed by atoms with Gasteiger partial charge in [-0.2, -0.15) is 0 Å². The van der Waals surface area contributed by atoms with Crippen LogP contribution < -0.4 is 0 Å². The molecule has 1 aliphatic rings. The molecule has 4 aromatic rings. The van der Waals surface area contributed by atoms with Gasteiger partial charge in [0.15, 0.2) is 24.6 Å². The molecule has 1 fully saturated rings. The molecule has 0 aliphatic carbocycles. The SMILES string of the molecule is CCO[C@@H]1O[C@H](CSc2ccccc2)[C@@H](OC(=O)c2ccccc2)[C@H](OC(=O)c2ccccc2)[C@H]1OC(=O)c1ccccc1. The van der Waals surface area contributed by atoms with Gasteiger partial charge in [-0.1, -0.05) is 72.8 Å². The lowest BCUT2D eigenvalue weighted by Gasteiger charge is -2.44. The summed E-state index contributed by atoms with van der Waals surface area (Å²) in [4.78, 5) is 41.2. The van der Waals surface area contributed by atoms with E-state index < -0.39 is 48.6 Å². The standard InChI is InChI=1S/C35H32O8S/c1-2-39-35-31(43-34(38)26-19-11-5-12-20-26)30(42-33(37)25-17-9-4-10-18-25)29(41-32(36)24-15-7-3-8-16-24)28(40-35)23-44-27-21-13-6-14-22-27/h3-22,28-31,35H,2,23H2,1H3/t28-,29-,30+,31-,35-/m1/s1. The number of carbonyl (C=O) groups excluding carboxylic acids is 3. The molecule has 0 amide bonds. The highest BCUT2D eigenvalue weighted by Crippen LogP contribution is 2.34. The Bertz CT molecular complexity index is 1500. The molecule has 1 heterocycles. The van der Waals surface area contributed by atoms with E-state index in [0.717, 1.165) is 4.90 Å². The third-order valence-electron chi connectivity index (χ3n) is 6.84. The van der Waals surface area contributed by atoms with Crippen LogP contribution in [-0.2, 0) is 23.7 Å². The third kappa shape index (κ3) is 7.93. The lowest BCUT2D eigenvalue weighted by Crippen LogP contribution is -2.62. The Morgan fingerprint density at radius 2 is 1.00 bits per heavy atom. The van der Waals surface area contributed by atoms with Crippen LogP contribution in [0, 0.1) is 0 Å². The van der Waals surface area contributed by atoms with E-state index >= 15 is 0 Å². The van der Waals surface area contributed by atoms with Gasteiger partial charge in [-0.25, -0.2) is 14.4 Å². The number of hydrogen-bond donors (Lipinski definition) is 0. The zero-order valence-corrected chi connectivity index (χ0v) is 24.8. The molecule has 4 aromatic carbocycles. The first-order chi connectivity index (χ1) is 21.5. The van der Waals surface area contributed by atoms with E-state index in [9.17, 15) is 14.4 Å². The Hall–Kier alpha value is -4.44. The van der Waals surface area contributed by atoms with Gasteiger partial charge in [0.05, 0.1) is 16.7 Å². The number of carbonyl (C=O) groups is 3. The second-order valence-corrected chi connectivity index (χ2v) is 10.9. The smallest absolute Gasteiger partial charge is 0.338 e. The van der Waals surface area contributed by atoms with Gasteiger partial charge in [-0.15, -0.1) is 11.8 Å². The molecule has 0 bridgehead atoms. The molecule has 0 saturated carbocycles. The predicted molar refractivity (Wildman–Crippen MR) is 164 cm³/mol. The molecule has 5 atom stereocenters. The quantitative estimate of drug-likeness (QED) is 0.111. The summed E-state index contributed by atoms with van der Waals surface area (Å²) in [6.45, 7) is 2.00. The second kappa shape index (κ2) is 15.3. The van der Waals surface area contributed by atoms with Gasteiger partial charge in [-0.3, -0.25) is 0 Å². The third-order valence-corrected chi connectivity index (χ3v) is 7.94. The summed E-state index contributed by atoms with van der Waals surface area (Å²) < 4.78 is 30.4. The van der Waals surface area contributed by atoms with E-state index in [1.54, 1.807) is 97.9 Å². The molecule has 0 radical (unpaired) electrons. The van der Waals surface area contributed by atoms with E-state index in [-0.39, 0.29) is 17.7 Å². The fraction of sp³-hybridized carbons (Fsp3) is 0.229. The highest BCUT2D eigenvalue weighted by Gasteiger charge is 2.53. The highest BCUT2D eigenvalue weighted by molar-refractivity contribution is 7.99. The van der Waals surface area contributed by atoms with Crippen molar-refractivity contribution in [1.29, 1.82) is 0 Å². The minimum Gasteiger partial charge on any atom is -0.452 e. The summed E-state index contributed by atoms with van der Waals surface area (Å²) in [5.74, 6) is -1.67. The van der Waals surface area contributed by atoms with Crippen molar-refractivity contribution < 1.29 is 38.1 Å². The van der Waals surface area contributed by atoms with Gasteiger partial charge in [-0.05, 0) is 55.5 Å². The van der Waals surface area contributed by atoms with Crippen LogP contribution in [-0.4, -0.2) is 61.0 Å². The largest absolute Gasteiger partial charge is 0.452 e. The van der Waals surface area contributed by atoms with E-state index in [0.29, 0.717) is 11.3 Å². The summed E-state index contributed by atoms with van der Waals surface area (Å²) in [5.41, 5.74) is 0.874. The molecule has 0 aromatic heterocycles. The van der Waals surface area contributed by atoms with Crippen molar-refractivity contribution in [1.82, 2.24) is 0 Å². The zero-order valence-electron chi connectivity index (χ0n) is 24.0. The molecule has 226 valence electrons. The van der Waals surface area contributed by atoms with Crippen LogP contribution in [0.25, 0.3) is 0 Å². The molecule has 8 nitrogen and oxygen atoms in total. The Kier molecular flexibility index (Phi) is 10.8. The number of rotatable bonds is 11. The van der Waals surface area contributed by atoms with E-state index in [1.165, 1.54) is 11.8 Å². The maximum absolute atomic E-state index is 13.5. The summed E-state index contributed by atoms with van der Waals surface area (Å²) in [5, 5.41) is 0. The van der Waals surface area contributed by atoms with Crippen LogP contribution in [0.1, 0.15) is 38.0 Å². The number of hydrogen-bond acceptors (Lipinski definition) is 9. The van der Waals surface area contributed by atoms with E-state index in [1.807, 2.05) is 30.3 Å². The van der Waals surface area contributed by atoms with Crippen molar-refractivity contribution in [2.75, 3.05) is 12.4 Å². The molecule has 9 heteroatoms. The monoisotopic (exact) mass is 612 g/mol. The normalized spacial score (nSPS) is 21.2. The first-order valence-electron chi connectivity index (χ1n) is 14.3. The van der Waals surface area contributed by atoms with Crippen molar-refractivity contribution in [2.24, 2.45) is 0 Å². The zero-order chi connectivity index (χ0) is 30.7. The summed E-state index contributed by atoms with van der Waals surface area (Å²) in [7, 11) is 0. The van der Waals surface area contributed by atoms with Gasteiger partial charge in [0, 0.05) is 17.3 Å². The van der Waals surface area contributed by atoms with Crippen LogP contribution in [0.15, 0.2) is 126 Å². The number of thioether (sulfide) groups is 1. The average molecular weight is 613 g/mol. The van der Waals surface area contributed by atoms with Crippen LogP contribution in [0.2, 0.25) is 0 Å². The molecular formula is C35H32O8S. The Balaban J connectivity index is 1.52. The number of benzene rings is 4. The molecule has 44 heavy (non-hydrogen) atoms. The molecule has 0 spiro atoms. The average Bonchev–Trinajstić information content (AvgIpc) is 3.08. The summed E-state index contributed by atoms with van der Waals surface area (Å²) in [6.07, 6.45) is -5.60. The molecular weight excluding hydrogens is 580 g/mol. The topological polar surface area (TPSA) is 97.4 Å². The minimum absolute atomic E-state index is 0.219. The van der Waals surface area contributed by atoms with Crippen LogP contribution in [0.3, 0.4) is 0 Å². The maximum Gasteiger partial charge on any atom is 0.338 e. The van der Waals surface area contributed by atoms with Gasteiger partial charge >= 0.3 is 17.9 Å². The lowest BCUT2D eigenvalue weighted by atomic mass is 9.98. The summed E-state index contributed by atoms with van der Waals surface area (Å²) in [6, 6.07) is 35.0. The highest BCUT2D eigenvalue weighted by atomic mass is 32.2. The molecule has 0 unspecified atom stereocenters. The Labute approximate surface area is 260 Å². The van der Waals surface area contributed by atoms with Gasteiger partial charge in [0.1, 0.15) is 6.10 Å². The van der Waals surface area contributed by atoms with Crippen molar-refractivity contribution in [3.8, 4) is 0 Å².